The molecule has 0 spiro atoms. The Morgan fingerprint density at radius 2 is 2.00 bits per heavy atom. The zero-order valence-corrected chi connectivity index (χ0v) is 17.9. The van der Waals surface area contributed by atoms with Crippen molar-refractivity contribution >= 4 is 18.1 Å². The van der Waals surface area contributed by atoms with Gasteiger partial charge in [0.25, 0.3) is 0 Å². The molecular weight excluding hydrogens is 394 g/mol. The summed E-state index contributed by atoms with van der Waals surface area (Å²) in [6.07, 6.45) is 4.20. The summed E-state index contributed by atoms with van der Waals surface area (Å²) in [5, 5.41) is 0. The van der Waals surface area contributed by atoms with Crippen molar-refractivity contribution in [2.24, 2.45) is 5.92 Å². The Morgan fingerprint density at radius 3 is 2.67 bits per heavy atom. The van der Waals surface area contributed by atoms with Crippen molar-refractivity contribution in [1.29, 1.82) is 0 Å². The van der Waals surface area contributed by atoms with Crippen LogP contribution in [0, 0.1) is 5.92 Å². The summed E-state index contributed by atoms with van der Waals surface area (Å²) in [4.78, 5) is 28.0. The molecule has 1 aliphatic heterocycles. The largest absolute Gasteiger partial charge is 0.444 e. The maximum atomic E-state index is 12.6. The highest BCUT2D eigenvalue weighted by Gasteiger charge is 2.26. The highest BCUT2D eigenvalue weighted by molar-refractivity contribution is 5.92. The molecule has 2 amide bonds. The molecule has 1 atom stereocenters. The van der Waals surface area contributed by atoms with Crippen LogP contribution in [0.4, 0.5) is 13.6 Å². The number of benzene rings is 1. The molecule has 0 saturated carbocycles. The van der Waals surface area contributed by atoms with Crippen LogP contribution in [-0.2, 0) is 9.53 Å². The maximum Gasteiger partial charge on any atom is 0.410 e. The maximum absolute atomic E-state index is 12.6. The van der Waals surface area contributed by atoms with Crippen LogP contribution in [0.5, 0.6) is 5.75 Å². The van der Waals surface area contributed by atoms with E-state index in [1.165, 1.54) is 23.1 Å². The van der Waals surface area contributed by atoms with E-state index in [4.69, 9.17) is 4.74 Å². The van der Waals surface area contributed by atoms with E-state index < -0.39 is 12.2 Å². The Balaban J connectivity index is 1.94. The first-order valence-electron chi connectivity index (χ1n) is 10.00. The van der Waals surface area contributed by atoms with Crippen LogP contribution in [0.3, 0.4) is 0 Å². The predicted molar refractivity (Wildman–Crippen MR) is 110 cm³/mol. The molecule has 1 saturated heterocycles. The average molecular weight is 424 g/mol. The number of alkyl halides is 2. The van der Waals surface area contributed by atoms with E-state index >= 15 is 0 Å². The van der Waals surface area contributed by atoms with E-state index in [1.807, 2.05) is 20.8 Å². The quantitative estimate of drug-likeness (QED) is 0.635. The Labute approximate surface area is 176 Å². The standard InChI is InChI=1S/C22H30F2N2O4/c1-22(2,3)30-21(28)25(4)14-16-8-7-13-26(15-16)19(27)12-11-17-9-5-6-10-18(17)29-20(23)24/h5-6,9-12,16,20H,7-8,13-15H2,1-4H3/b12-11+. The van der Waals surface area contributed by atoms with E-state index in [1.54, 1.807) is 30.1 Å². The van der Waals surface area contributed by atoms with Crippen molar-refractivity contribution in [3.8, 4) is 5.75 Å². The highest BCUT2D eigenvalue weighted by Crippen LogP contribution is 2.23. The van der Waals surface area contributed by atoms with Crippen molar-refractivity contribution < 1.29 is 27.8 Å². The first-order chi connectivity index (χ1) is 14.0. The molecule has 1 heterocycles. The predicted octanol–water partition coefficient (Wildman–Crippen LogP) is 4.41. The van der Waals surface area contributed by atoms with Gasteiger partial charge in [0.05, 0.1) is 0 Å². The minimum atomic E-state index is -2.93. The van der Waals surface area contributed by atoms with Gasteiger partial charge in [-0.15, -0.1) is 0 Å². The van der Waals surface area contributed by atoms with Crippen molar-refractivity contribution in [2.45, 2.75) is 45.8 Å². The summed E-state index contributed by atoms with van der Waals surface area (Å²) >= 11 is 0. The van der Waals surface area contributed by atoms with Gasteiger partial charge in [-0.25, -0.2) is 4.79 Å². The van der Waals surface area contributed by atoms with Gasteiger partial charge >= 0.3 is 12.7 Å². The third-order valence-corrected chi connectivity index (χ3v) is 4.61. The van der Waals surface area contributed by atoms with Crippen LogP contribution in [0.2, 0.25) is 0 Å². The van der Waals surface area contributed by atoms with E-state index in [9.17, 15) is 18.4 Å². The second-order valence-corrected chi connectivity index (χ2v) is 8.40. The summed E-state index contributed by atoms with van der Waals surface area (Å²) in [5.74, 6) is -0.0402. The second kappa shape index (κ2) is 10.4. The summed E-state index contributed by atoms with van der Waals surface area (Å²) in [6, 6.07) is 6.31. The molecule has 6 nitrogen and oxygen atoms in total. The fourth-order valence-corrected chi connectivity index (χ4v) is 3.30. The third-order valence-electron chi connectivity index (χ3n) is 4.61. The van der Waals surface area contributed by atoms with Crippen molar-refractivity contribution in [3.05, 3.63) is 35.9 Å². The van der Waals surface area contributed by atoms with Gasteiger partial charge in [0, 0.05) is 38.3 Å². The number of hydrogen-bond acceptors (Lipinski definition) is 4. The average Bonchev–Trinajstić information content (AvgIpc) is 2.65. The van der Waals surface area contributed by atoms with Gasteiger partial charge in [0.1, 0.15) is 11.4 Å². The summed E-state index contributed by atoms with van der Waals surface area (Å²) in [7, 11) is 1.69. The van der Waals surface area contributed by atoms with Gasteiger partial charge < -0.3 is 19.3 Å². The molecule has 1 unspecified atom stereocenters. The molecule has 0 N–H and O–H groups in total. The topological polar surface area (TPSA) is 59.1 Å². The van der Waals surface area contributed by atoms with E-state index in [0.717, 1.165) is 12.8 Å². The number of halogens is 2. The molecule has 0 bridgehead atoms. The Morgan fingerprint density at radius 1 is 1.30 bits per heavy atom. The number of amides is 2. The normalized spacial score (nSPS) is 17.3. The van der Waals surface area contributed by atoms with Gasteiger partial charge in [-0.1, -0.05) is 18.2 Å². The Bertz CT molecular complexity index is 762. The van der Waals surface area contributed by atoms with Crippen LogP contribution in [0.1, 0.15) is 39.2 Å². The Kier molecular flexibility index (Phi) is 8.20. The lowest BCUT2D eigenvalue weighted by molar-refractivity contribution is -0.127. The second-order valence-electron chi connectivity index (χ2n) is 8.40. The lowest BCUT2D eigenvalue weighted by Crippen LogP contribution is -2.44. The minimum Gasteiger partial charge on any atom is -0.444 e. The molecule has 30 heavy (non-hydrogen) atoms. The van der Waals surface area contributed by atoms with E-state index in [2.05, 4.69) is 4.74 Å². The first-order valence-corrected chi connectivity index (χ1v) is 10.00. The van der Waals surface area contributed by atoms with E-state index in [-0.39, 0.29) is 23.7 Å². The molecule has 0 aromatic heterocycles. The van der Waals surface area contributed by atoms with Gasteiger partial charge in [-0.3, -0.25) is 4.79 Å². The number of hydrogen-bond donors (Lipinski definition) is 0. The molecule has 0 aliphatic carbocycles. The van der Waals surface area contributed by atoms with Gasteiger partial charge in [-0.2, -0.15) is 8.78 Å². The highest BCUT2D eigenvalue weighted by atomic mass is 19.3. The molecule has 2 rings (SSSR count). The minimum absolute atomic E-state index is 0.0204. The molecule has 1 aromatic rings. The molecular formula is C22H30F2N2O4. The molecule has 0 radical (unpaired) electrons. The zero-order valence-electron chi connectivity index (χ0n) is 17.9. The first kappa shape index (κ1) is 23.6. The van der Waals surface area contributed by atoms with Crippen molar-refractivity contribution in [3.63, 3.8) is 0 Å². The van der Waals surface area contributed by atoms with Crippen LogP contribution in [-0.4, -0.2) is 60.7 Å². The number of carbonyl (C=O) groups is 2. The fourth-order valence-electron chi connectivity index (χ4n) is 3.30. The van der Waals surface area contributed by atoms with Crippen molar-refractivity contribution in [1.82, 2.24) is 9.80 Å². The van der Waals surface area contributed by atoms with Crippen LogP contribution < -0.4 is 4.74 Å². The smallest absolute Gasteiger partial charge is 0.410 e. The molecule has 1 aliphatic rings. The number of para-hydroxylation sites is 1. The number of carbonyl (C=O) groups excluding carboxylic acids is 2. The fraction of sp³-hybridized carbons (Fsp3) is 0.545. The summed E-state index contributed by atoms with van der Waals surface area (Å²) in [5.41, 5.74) is -0.154. The van der Waals surface area contributed by atoms with Gasteiger partial charge in [0.2, 0.25) is 5.91 Å². The van der Waals surface area contributed by atoms with Gasteiger partial charge in [0.15, 0.2) is 0 Å². The zero-order chi connectivity index (χ0) is 22.3. The lowest BCUT2D eigenvalue weighted by atomic mass is 9.97. The molecule has 166 valence electrons. The SMILES string of the molecule is CN(CC1CCCN(C(=O)/C=C/c2ccccc2OC(F)F)C1)C(=O)OC(C)(C)C. The summed E-state index contributed by atoms with van der Waals surface area (Å²) < 4.78 is 34.9. The summed E-state index contributed by atoms with van der Waals surface area (Å²) in [6.45, 7) is 4.15. The number of ether oxygens (including phenoxy) is 2. The van der Waals surface area contributed by atoms with Crippen LogP contribution in [0.25, 0.3) is 6.08 Å². The van der Waals surface area contributed by atoms with Crippen molar-refractivity contribution in [2.75, 3.05) is 26.7 Å². The van der Waals surface area contributed by atoms with Crippen LogP contribution >= 0.6 is 0 Å². The monoisotopic (exact) mass is 424 g/mol. The van der Waals surface area contributed by atoms with E-state index in [0.29, 0.717) is 25.2 Å². The number of likely N-dealkylation sites (tertiary alicyclic amines) is 1. The third kappa shape index (κ3) is 7.65. The number of rotatable bonds is 6. The van der Waals surface area contributed by atoms with Gasteiger partial charge in [-0.05, 0) is 51.7 Å². The lowest BCUT2D eigenvalue weighted by Gasteiger charge is -2.34. The number of piperidine rings is 1. The number of nitrogens with zero attached hydrogens (tertiary/aromatic N) is 2. The Hall–Kier alpha value is -2.64. The van der Waals surface area contributed by atoms with Crippen LogP contribution in [0.15, 0.2) is 30.3 Å². The molecule has 8 heteroatoms. The molecule has 1 aromatic carbocycles. The molecule has 1 fully saturated rings.